The van der Waals surface area contributed by atoms with Gasteiger partial charge in [0.25, 0.3) is 0 Å². The van der Waals surface area contributed by atoms with Crippen LogP contribution in [0.15, 0.2) is 54.6 Å². The molecule has 3 heteroatoms. The topological polar surface area (TPSA) is 21.7 Å². The Hall–Kier alpha value is -2.10. The Balaban J connectivity index is 1.40. The first kappa shape index (κ1) is 17.3. The van der Waals surface area contributed by atoms with Crippen LogP contribution in [0.4, 0.5) is 0 Å². The molecule has 2 aliphatic rings. The Kier molecular flexibility index (Phi) is 5.09. The standard InChI is InChI=1S/C23H27NO2/c1-17(2)24-12-13-25-21(15-24)16-26-20-9-11-23-19(14-20)8-10-22(23)18-6-4-3-5-7-18/h3-7,9-11,14,17,21H,8,12-13,15-16H2,1-2H3. The first-order valence-corrected chi connectivity index (χ1v) is 9.58. The lowest BCUT2D eigenvalue weighted by atomic mass is 9.99. The second-order valence-electron chi connectivity index (χ2n) is 7.40. The highest BCUT2D eigenvalue weighted by Crippen LogP contribution is 2.34. The molecule has 0 N–H and O–H groups in total. The van der Waals surface area contributed by atoms with Crippen molar-refractivity contribution in [2.24, 2.45) is 0 Å². The molecule has 26 heavy (non-hydrogen) atoms. The quantitative estimate of drug-likeness (QED) is 0.809. The highest BCUT2D eigenvalue weighted by Gasteiger charge is 2.23. The Morgan fingerprint density at radius 1 is 1.15 bits per heavy atom. The predicted octanol–water partition coefficient (Wildman–Crippen LogP) is 4.16. The van der Waals surface area contributed by atoms with Gasteiger partial charge in [0.2, 0.25) is 0 Å². The molecule has 3 nitrogen and oxygen atoms in total. The molecule has 1 heterocycles. The van der Waals surface area contributed by atoms with E-state index in [0.717, 1.165) is 31.9 Å². The fourth-order valence-electron chi connectivity index (χ4n) is 3.81. The van der Waals surface area contributed by atoms with Crippen molar-refractivity contribution in [3.8, 4) is 5.75 Å². The highest BCUT2D eigenvalue weighted by molar-refractivity contribution is 5.84. The van der Waals surface area contributed by atoms with Gasteiger partial charge in [0, 0.05) is 19.1 Å². The van der Waals surface area contributed by atoms with E-state index in [0.29, 0.717) is 12.6 Å². The summed E-state index contributed by atoms with van der Waals surface area (Å²) in [6.07, 6.45) is 3.43. The summed E-state index contributed by atoms with van der Waals surface area (Å²) in [6.45, 7) is 7.84. The molecule has 0 saturated carbocycles. The van der Waals surface area contributed by atoms with Gasteiger partial charge in [-0.1, -0.05) is 42.5 Å². The van der Waals surface area contributed by atoms with E-state index in [1.807, 2.05) is 0 Å². The third kappa shape index (κ3) is 3.69. The smallest absolute Gasteiger partial charge is 0.119 e. The number of rotatable bonds is 5. The van der Waals surface area contributed by atoms with E-state index in [1.54, 1.807) is 0 Å². The van der Waals surface area contributed by atoms with Gasteiger partial charge in [-0.25, -0.2) is 0 Å². The molecule has 1 aliphatic heterocycles. The van der Waals surface area contributed by atoms with E-state index in [9.17, 15) is 0 Å². The molecule has 2 aromatic rings. The Morgan fingerprint density at radius 2 is 2.00 bits per heavy atom. The van der Waals surface area contributed by atoms with Gasteiger partial charge in [0.15, 0.2) is 0 Å². The van der Waals surface area contributed by atoms with Crippen LogP contribution < -0.4 is 4.74 Å². The van der Waals surface area contributed by atoms with Crippen LogP contribution in [0.25, 0.3) is 5.57 Å². The second-order valence-corrected chi connectivity index (χ2v) is 7.40. The van der Waals surface area contributed by atoms with Crippen molar-refractivity contribution in [2.75, 3.05) is 26.3 Å². The largest absolute Gasteiger partial charge is 0.491 e. The van der Waals surface area contributed by atoms with Crippen molar-refractivity contribution in [1.82, 2.24) is 4.90 Å². The third-order valence-electron chi connectivity index (χ3n) is 5.31. The lowest BCUT2D eigenvalue weighted by Gasteiger charge is -2.35. The van der Waals surface area contributed by atoms with Gasteiger partial charge in [0.05, 0.1) is 6.61 Å². The van der Waals surface area contributed by atoms with Crippen LogP contribution in [-0.4, -0.2) is 43.3 Å². The van der Waals surface area contributed by atoms with Crippen LogP contribution in [-0.2, 0) is 11.2 Å². The summed E-state index contributed by atoms with van der Waals surface area (Å²) in [4.78, 5) is 2.45. The molecule has 136 valence electrons. The van der Waals surface area contributed by atoms with Gasteiger partial charge in [-0.05, 0) is 54.7 Å². The lowest BCUT2D eigenvalue weighted by Crippen LogP contribution is -2.47. The number of hydrogen-bond donors (Lipinski definition) is 0. The molecular weight excluding hydrogens is 322 g/mol. The molecule has 4 rings (SSSR count). The van der Waals surface area contributed by atoms with Gasteiger partial charge < -0.3 is 9.47 Å². The molecule has 2 aromatic carbocycles. The van der Waals surface area contributed by atoms with Crippen molar-refractivity contribution in [3.05, 3.63) is 71.3 Å². The van der Waals surface area contributed by atoms with Crippen molar-refractivity contribution in [1.29, 1.82) is 0 Å². The monoisotopic (exact) mass is 349 g/mol. The molecular formula is C23H27NO2. The van der Waals surface area contributed by atoms with Crippen LogP contribution in [0.1, 0.15) is 30.5 Å². The van der Waals surface area contributed by atoms with Crippen LogP contribution in [0.3, 0.4) is 0 Å². The zero-order valence-corrected chi connectivity index (χ0v) is 15.7. The number of ether oxygens (including phenoxy) is 2. The Bertz CT molecular complexity index is 782. The number of hydrogen-bond acceptors (Lipinski definition) is 3. The highest BCUT2D eigenvalue weighted by atomic mass is 16.5. The van der Waals surface area contributed by atoms with E-state index in [4.69, 9.17) is 9.47 Å². The number of nitrogens with zero attached hydrogens (tertiary/aromatic N) is 1. The molecule has 0 spiro atoms. The van der Waals surface area contributed by atoms with Crippen molar-refractivity contribution in [2.45, 2.75) is 32.4 Å². The normalized spacial score (nSPS) is 20.1. The molecule has 0 aromatic heterocycles. The Labute approximate surface area is 156 Å². The summed E-state index contributed by atoms with van der Waals surface area (Å²) >= 11 is 0. The minimum atomic E-state index is 0.150. The lowest BCUT2D eigenvalue weighted by molar-refractivity contribution is -0.0564. The Morgan fingerprint density at radius 3 is 2.81 bits per heavy atom. The summed E-state index contributed by atoms with van der Waals surface area (Å²) < 4.78 is 11.9. The third-order valence-corrected chi connectivity index (χ3v) is 5.31. The van der Waals surface area contributed by atoms with Crippen LogP contribution in [0, 0.1) is 0 Å². The molecule has 0 bridgehead atoms. The summed E-state index contributed by atoms with van der Waals surface area (Å²) in [5.41, 5.74) is 5.28. The van der Waals surface area contributed by atoms with E-state index in [1.165, 1.54) is 22.3 Å². The SMILES string of the molecule is CC(C)N1CCOC(COc2ccc3c(c2)CC=C3c2ccccc2)C1. The van der Waals surface area contributed by atoms with Crippen LogP contribution in [0.2, 0.25) is 0 Å². The summed E-state index contributed by atoms with van der Waals surface area (Å²) in [5.74, 6) is 0.941. The van der Waals surface area contributed by atoms with Crippen molar-refractivity contribution < 1.29 is 9.47 Å². The molecule has 1 saturated heterocycles. The average Bonchev–Trinajstić information content (AvgIpc) is 3.10. The maximum atomic E-state index is 6.06. The predicted molar refractivity (Wildman–Crippen MR) is 106 cm³/mol. The van der Waals surface area contributed by atoms with Gasteiger partial charge >= 0.3 is 0 Å². The maximum Gasteiger partial charge on any atom is 0.119 e. The van der Waals surface area contributed by atoms with Gasteiger partial charge in [-0.2, -0.15) is 0 Å². The number of benzene rings is 2. The average molecular weight is 349 g/mol. The van der Waals surface area contributed by atoms with E-state index in [-0.39, 0.29) is 6.10 Å². The number of morpholine rings is 1. The molecule has 0 amide bonds. The van der Waals surface area contributed by atoms with Crippen LogP contribution >= 0.6 is 0 Å². The summed E-state index contributed by atoms with van der Waals surface area (Å²) in [6, 6.07) is 17.6. The maximum absolute atomic E-state index is 6.06. The minimum absolute atomic E-state index is 0.150. The molecule has 0 radical (unpaired) electrons. The second kappa shape index (κ2) is 7.65. The first-order valence-electron chi connectivity index (χ1n) is 9.58. The van der Waals surface area contributed by atoms with Gasteiger partial charge in [0.1, 0.15) is 18.5 Å². The summed E-state index contributed by atoms with van der Waals surface area (Å²) in [7, 11) is 0. The van der Waals surface area contributed by atoms with Gasteiger partial charge in [-0.3, -0.25) is 4.90 Å². The van der Waals surface area contributed by atoms with Gasteiger partial charge in [-0.15, -0.1) is 0 Å². The zero-order valence-electron chi connectivity index (χ0n) is 15.7. The number of allylic oxidation sites excluding steroid dienone is 1. The van der Waals surface area contributed by atoms with E-state index < -0.39 is 0 Å². The fourth-order valence-corrected chi connectivity index (χ4v) is 3.81. The molecule has 1 fully saturated rings. The molecule has 1 unspecified atom stereocenters. The number of fused-ring (bicyclic) bond motifs is 1. The van der Waals surface area contributed by atoms with E-state index in [2.05, 4.69) is 73.4 Å². The molecule has 1 aliphatic carbocycles. The van der Waals surface area contributed by atoms with Crippen molar-refractivity contribution >= 4 is 5.57 Å². The van der Waals surface area contributed by atoms with Crippen molar-refractivity contribution in [3.63, 3.8) is 0 Å². The summed E-state index contributed by atoms with van der Waals surface area (Å²) in [5, 5.41) is 0. The van der Waals surface area contributed by atoms with E-state index >= 15 is 0 Å². The molecule has 1 atom stereocenters. The minimum Gasteiger partial charge on any atom is -0.491 e. The zero-order chi connectivity index (χ0) is 17.9. The first-order chi connectivity index (χ1) is 12.7. The fraction of sp³-hybridized carbons (Fsp3) is 0.391. The van der Waals surface area contributed by atoms with Crippen LogP contribution in [0.5, 0.6) is 5.75 Å².